The highest BCUT2D eigenvalue weighted by Crippen LogP contribution is 2.46. The molecule has 1 nitrogen and oxygen atoms in total. The maximum atomic E-state index is 2.66. The lowest BCUT2D eigenvalue weighted by Crippen LogP contribution is -2.36. The van der Waals surface area contributed by atoms with Gasteiger partial charge in [-0.05, 0) is 94.7 Å². The molecule has 0 N–H and O–H groups in total. The molecule has 4 unspecified atom stereocenters. The first-order valence-electron chi connectivity index (χ1n) is 20.7. The largest absolute Gasteiger partial charge is 0.290 e. The molecule has 0 aromatic heterocycles. The van der Waals surface area contributed by atoms with Gasteiger partial charge in [0.1, 0.15) is 0 Å². The van der Waals surface area contributed by atoms with Crippen LogP contribution in [-0.4, -0.2) is 23.5 Å². The molecule has 1 heterocycles. The van der Waals surface area contributed by atoms with Gasteiger partial charge in [-0.25, -0.2) is 0 Å². The van der Waals surface area contributed by atoms with Crippen LogP contribution in [0.4, 0.5) is 0 Å². The monoisotopic (exact) mass is 735 g/mol. The lowest BCUT2D eigenvalue weighted by atomic mass is 9.80. The number of allylic oxidation sites excluding steroid dienone is 4. The average molecular weight is 736 g/mol. The van der Waals surface area contributed by atoms with Gasteiger partial charge in [0.2, 0.25) is 0 Å². The minimum atomic E-state index is 0.152. The van der Waals surface area contributed by atoms with Gasteiger partial charge in [0.25, 0.3) is 0 Å². The second-order valence-corrected chi connectivity index (χ2v) is 17.1. The Bertz CT molecular complexity index is 2680. The SMILES string of the molecule is CCN1C2C=CC=CC2C2C=C(c3ccc(-c4c5ccccc5c(-c5ccc(-c6ccc(-c7ccc(C(C)(C)C)cc7)cc6)cc5)c5ccccc45)cc3)C=CC21. The molecule has 1 fully saturated rings. The summed E-state index contributed by atoms with van der Waals surface area (Å²) in [5.41, 5.74) is 14.1. The van der Waals surface area contributed by atoms with Crippen molar-refractivity contribution >= 4 is 27.1 Å². The number of likely N-dealkylation sites (N-methyl/N-ethyl adjacent to an activating group) is 1. The second-order valence-electron chi connectivity index (χ2n) is 17.1. The lowest BCUT2D eigenvalue weighted by molar-refractivity contribution is 0.249. The number of likely N-dealkylation sites (tertiary alicyclic amines) is 1. The molecule has 2 aliphatic carbocycles. The Kier molecular flexibility index (Phi) is 8.80. The highest BCUT2D eigenvalue weighted by Gasteiger charge is 2.45. The summed E-state index contributed by atoms with van der Waals surface area (Å²) >= 11 is 0. The van der Waals surface area contributed by atoms with Gasteiger partial charge < -0.3 is 0 Å². The summed E-state index contributed by atoms with van der Waals surface area (Å²) in [6.07, 6.45) is 16.6. The molecule has 0 amide bonds. The zero-order valence-corrected chi connectivity index (χ0v) is 33.4. The van der Waals surface area contributed by atoms with Crippen LogP contribution in [-0.2, 0) is 5.41 Å². The highest BCUT2D eigenvalue weighted by atomic mass is 15.2. The summed E-state index contributed by atoms with van der Waals surface area (Å²) in [6, 6.07) is 55.4. The van der Waals surface area contributed by atoms with Crippen molar-refractivity contribution < 1.29 is 0 Å². The zero-order valence-electron chi connectivity index (χ0n) is 33.4. The minimum absolute atomic E-state index is 0.152. The lowest BCUT2D eigenvalue weighted by Gasteiger charge is -2.28. The molecular formula is C56H49N. The fourth-order valence-electron chi connectivity index (χ4n) is 9.90. The van der Waals surface area contributed by atoms with E-state index in [-0.39, 0.29) is 5.41 Å². The van der Waals surface area contributed by atoms with Gasteiger partial charge >= 0.3 is 0 Å². The molecule has 1 aliphatic heterocycles. The van der Waals surface area contributed by atoms with Crippen LogP contribution in [0.2, 0.25) is 0 Å². The molecular weight excluding hydrogens is 687 g/mol. The van der Waals surface area contributed by atoms with Crippen LogP contribution in [0.1, 0.15) is 38.8 Å². The van der Waals surface area contributed by atoms with Crippen LogP contribution in [0, 0.1) is 11.8 Å². The molecule has 3 aliphatic rings. The maximum absolute atomic E-state index is 2.66. The Hall–Kier alpha value is -6.02. The molecule has 7 aromatic carbocycles. The van der Waals surface area contributed by atoms with Crippen LogP contribution in [0.5, 0.6) is 0 Å². The number of hydrogen-bond acceptors (Lipinski definition) is 1. The van der Waals surface area contributed by atoms with Crippen molar-refractivity contribution in [3.05, 3.63) is 199 Å². The first kappa shape index (κ1) is 35.4. The van der Waals surface area contributed by atoms with E-state index in [1.165, 1.54) is 82.8 Å². The summed E-state index contributed by atoms with van der Waals surface area (Å²) in [6.45, 7) is 10.1. The molecule has 0 bridgehead atoms. The van der Waals surface area contributed by atoms with Gasteiger partial charge in [-0.15, -0.1) is 0 Å². The van der Waals surface area contributed by atoms with E-state index in [1.54, 1.807) is 0 Å². The predicted octanol–water partition coefficient (Wildman–Crippen LogP) is 14.3. The fraction of sp³-hybridized carbons (Fsp3) is 0.179. The third-order valence-electron chi connectivity index (χ3n) is 12.9. The fourth-order valence-corrected chi connectivity index (χ4v) is 9.90. The molecule has 0 radical (unpaired) electrons. The van der Waals surface area contributed by atoms with E-state index >= 15 is 0 Å². The Morgan fingerprint density at radius 1 is 0.439 bits per heavy atom. The predicted molar refractivity (Wildman–Crippen MR) is 244 cm³/mol. The Morgan fingerprint density at radius 2 is 0.842 bits per heavy atom. The molecule has 0 spiro atoms. The third kappa shape index (κ3) is 6.22. The third-order valence-corrected chi connectivity index (χ3v) is 12.9. The number of benzene rings is 7. The van der Waals surface area contributed by atoms with Crippen molar-refractivity contribution in [2.24, 2.45) is 11.8 Å². The molecule has 0 saturated carbocycles. The van der Waals surface area contributed by atoms with E-state index in [9.17, 15) is 0 Å². The molecule has 1 saturated heterocycles. The topological polar surface area (TPSA) is 3.24 Å². The summed E-state index contributed by atoms with van der Waals surface area (Å²) in [4.78, 5) is 2.66. The van der Waals surface area contributed by atoms with Crippen molar-refractivity contribution in [1.29, 1.82) is 0 Å². The average Bonchev–Trinajstić information content (AvgIpc) is 3.58. The number of fused-ring (bicyclic) bond motifs is 5. The quantitative estimate of drug-likeness (QED) is 0.154. The summed E-state index contributed by atoms with van der Waals surface area (Å²) in [5, 5.41) is 5.12. The molecule has 7 aromatic rings. The Balaban J connectivity index is 0.969. The normalized spacial score (nSPS) is 20.2. The van der Waals surface area contributed by atoms with Gasteiger partial charge in [0.15, 0.2) is 0 Å². The van der Waals surface area contributed by atoms with E-state index in [2.05, 4.69) is 221 Å². The Morgan fingerprint density at radius 3 is 1.30 bits per heavy atom. The zero-order chi connectivity index (χ0) is 38.7. The Labute approximate surface area is 338 Å². The second kappa shape index (κ2) is 14.2. The van der Waals surface area contributed by atoms with Gasteiger partial charge in [-0.3, -0.25) is 4.90 Å². The van der Waals surface area contributed by atoms with Gasteiger partial charge in [0.05, 0.1) is 0 Å². The number of nitrogens with zero attached hydrogens (tertiary/aromatic N) is 1. The van der Waals surface area contributed by atoms with Crippen LogP contribution < -0.4 is 0 Å². The minimum Gasteiger partial charge on any atom is -0.290 e. The first-order chi connectivity index (χ1) is 27.9. The van der Waals surface area contributed by atoms with Crippen molar-refractivity contribution in [2.45, 2.75) is 45.2 Å². The first-order valence-corrected chi connectivity index (χ1v) is 20.7. The van der Waals surface area contributed by atoms with E-state index in [1.807, 2.05) is 0 Å². The highest BCUT2D eigenvalue weighted by molar-refractivity contribution is 6.21. The molecule has 10 rings (SSSR count). The van der Waals surface area contributed by atoms with E-state index in [0.717, 1.165) is 6.54 Å². The van der Waals surface area contributed by atoms with Crippen LogP contribution >= 0.6 is 0 Å². The van der Waals surface area contributed by atoms with Crippen LogP contribution in [0.3, 0.4) is 0 Å². The van der Waals surface area contributed by atoms with E-state index in [4.69, 9.17) is 0 Å². The van der Waals surface area contributed by atoms with Crippen molar-refractivity contribution in [2.75, 3.05) is 6.54 Å². The van der Waals surface area contributed by atoms with Crippen molar-refractivity contribution in [1.82, 2.24) is 4.90 Å². The van der Waals surface area contributed by atoms with Crippen LogP contribution in [0.15, 0.2) is 188 Å². The maximum Gasteiger partial charge on any atom is 0.0357 e. The number of rotatable bonds is 6. The van der Waals surface area contributed by atoms with E-state index < -0.39 is 0 Å². The molecule has 57 heavy (non-hydrogen) atoms. The molecule has 1 heteroatoms. The van der Waals surface area contributed by atoms with Crippen molar-refractivity contribution in [3.63, 3.8) is 0 Å². The smallest absolute Gasteiger partial charge is 0.0357 e. The summed E-state index contributed by atoms with van der Waals surface area (Å²) < 4.78 is 0. The standard InChI is InChI=1S/C56H49N/c1-5-57-52-17-11-10-12-46(52)51-36-44(32-35-53(51)57)41-24-28-43(29-25-41)55-49-15-8-6-13-47(49)54(48-14-7-9-16-50(48)55)42-26-22-39(23-27-42)37-18-20-38(21-19-37)40-30-33-45(34-31-40)56(2,3)4/h6-36,46,51-53H,5H2,1-4H3. The van der Waals surface area contributed by atoms with Gasteiger partial charge in [-0.2, -0.15) is 0 Å². The van der Waals surface area contributed by atoms with Gasteiger partial charge in [-0.1, -0.05) is 216 Å². The number of hydrogen-bond donors (Lipinski definition) is 0. The molecule has 278 valence electrons. The van der Waals surface area contributed by atoms with Crippen LogP contribution in [0.25, 0.3) is 71.6 Å². The summed E-state index contributed by atoms with van der Waals surface area (Å²) in [7, 11) is 0. The van der Waals surface area contributed by atoms with Gasteiger partial charge in [0, 0.05) is 23.9 Å². The molecule has 4 atom stereocenters. The van der Waals surface area contributed by atoms with Crippen molar-refractivity contribution in [3.8, 4) is 44.5 Å². The summed E-state index contributed by atoms with van der Waals surface area (Å²) in [5.74, 6) is 1.02. The van der Waals surface area contributed by atoms with E-state index in [0.29, 0.717) is 23.9 Å².